The number of fused-ring (bicyclic) bond motifs is 2. The van der Waals surface area contributed by atoms with Gasteiger partial charge in [-0.1, -0.05) is 32.9 Å². The zero-order chi connectivity index (χ0) is 23.1. The molecule has 1 aromatic rings. The highest BCUT2D eigenvalue weighted by Gasteiger charge is 2.78. The van der Waals surface area contributed by atoms with E-state index in [-0.39, 0.29) is 18.6 Å². The number of nitrogens with one attached hydrogen (secondary N) is 1. The van der Waals surface area contributed by atoms with E-state index in [0.717, 1.165) is 15.6 Å². The van der Waals surface area contributed by atoms with Gasteiger partial charge in [0, 0.05) is 9.61 Å². The van der Waals surface area contributed by atoms with E-state index in [1.54, 1.807) is 12.0 Å². The van der Waals surface area contributed by atoms with Crippen LogP contribution in [0, 0.1) is 32.2 Å². The van der Waals surface area contributed by atoms with Crippen molar-refractivity contribution in [2.75, 3.05) is 6.61 Å². The molecule has 7 heteroatoms. The number of halogens is 1. The molecular formula is C25H35IN2O4. The number of carbonyl (C=O) groups is 1. The van der Waals surface area contributed by atoms with Crippen LogP contribution in [0.1, 0.15) is 52.5 Å². The lowest BCUT2D eigenvalue weighted by Crippen LogP contribution is -2.62. The van der Waals surface area contributed by atoms with Crippen molar-refractivity contribution in [1.29, 1.82) is 0 Å². The molecule has 8 atom stereocenters. The summed E-state index contributed by atoms with van der Waals surface area (Å²) in [5, 5.41) is 26.1. The molecule has 6 nitrogen and oxygen atoms in total. The van der Waals surface area contributed by atoms with Crippen LogP contribution in [-0.2, 0) is 16.2 Å². The van der Waals surface area contributed by atoms with Crippen molar-refractivity contribution >= 4 is 28.5 Å². The molecule has 5 aliphatic rings. The molecule has 3 N–H and O–H groups in total. The van der Waals surface area contributed by atoms with E-state index in [1.165, 1.54) is 6.42 Å². The first-order valence-corrected chi connectivity index (χ1v) is 12.9. The minimum Gasteiger partial charge on any atom is -0.394 e. The first kappa shape index (κ1) is 23.0. The van der Waals surface area contributed by atoms with Gasteiger partial charge in [-0.05, 0) is 89.6 Å². The molecular weight excluding hydrogens is 519 g/mol. The number of amides is 1. The van der Waals surface area contributed by atoms with Gasteiger partial charge in [0.05, 0.1) is 24.2 Å². The summed E-state index contributed by atoms with van der Waals surface area (Å²) in [5.41, 5.74) is -0.423. The molecule has 5 fully saturated rings. The highest BCUT2D eigenvalue weighted by atomic mass is 127. The minimum absolute atomic E-state index is 0.0830. The quantitative estimate of drug-likeness (QED) is 0.488. The minimum atomic E-state index is -1.04. The van der Waals surface area contributed by atoms with Gasteiger partial charge in [-0.15, -0.1) is 0 Å². The zero-order valence-electron chi connectivity index (χ0n) is 19.3. The molecule has 4 aliphatic carbocycles. The molecule has 1 heterocycles. The number of aliphatic hydroxyl groups is 2. The Labute approximate surface area is 204 Å². The van der Waals surface area contributed by atoms with Crippen molar-refractivity contribution in [3.8, 4) is 0 Å². The van der Waals surface area contributed by atoms with Crippen molar-refractivity contribution in [2.24, 2.45) is 28.6 Å². The maximum atomic E-state index is 13.8. The van der Waals surface area contributed by atoms with Crippen LogP contribution < -0.4 is 5.32 Å². The Balaban J connectivity index is 1.40. The number of rotatable bonds is 5. The van der Waals surface area contributed by atoms with Crippen LogP contribution >= 0.6 is 22.6 Å². The SMILES string of the molecule is CC1C(NC(=O)[C@H]2N(Cc3cccc(I)c3)O[C@@H](CO)[C@]23CC3(C)O)C[C@H]2C[C@@H]1C2(C)C. The predicted octanol–water partition coefficient (Wildman–Crippen LogP) is 3.10. The molecule has 1 amide bonds. The van der Waals surface area contributed by atoms with Gasteiger partial charge in [-0.2, -0.15) is 5.06 Å². The summed E-state index contributed by atoms with van der Waals surface area (Å²) in [6, 6.07) is 7.62. The molecule has 32 heavy (non-hydrogen) atoms. The maximum absolute atomic E-state index is 13.8. The summed E-state index contributed by atoms with van der Waals surface area (Å²) in [6.07, 6.45) is 2.13. The lowest BCUT2D eigenvalue weighted by Gasteiger charge is -2.62. The standard InChI is InChI=1S/C25H35IN2O4/c1-14-18-9-16(23(18,2)3)10-19(14)27-22(30)21-25(13-24(25,4)31)20(12-29)32-28(21)11-15-6-5-7-17(26)8-15/h5-8,14,16,18-21,29,31H,9-13H2,1-4H3,(H,27,30)/t14?,16-,18+,19?,20+,21-,24?,25-/m1/s1. The van der Waals surface area contributed by atoms with E-state index < -0.39 is 23.2 Å². The Kier molecular flexibility index (Phi) is 5.49. The summed E-state index contributed by atoms with van der Waals surface area (Å²) >= 11 is 2.28. The summed E-state index contributed by atoms with van der Waals surface area (Å²) in [7, 11) is 0. The Morgan fingerprint density at radius 2 is 2.03 bits per heavy atom. The largest absolute Gasteiger partial charge is 0.394 e. The van der Waals surface area contributed by atoms with Gasteiger partial charge in [0.25, 0.3) is 0 Å². The number of aliphatic hydroxyl groups excluding tert-OH is 1. The van der Waals surface area contributed by atoms with Crippen molar-refractivity contribution in [2.45, 2.75) is 77.3 Å². The summed E-state index contributed by atoms with van der Waals surface area (Å²) in [6.45, 7) is 8.95. The van der Waals surface area contributed by atoms with Crippen molar-refractivity contribution < 1.29 is 19.8 Å². The fourth-order valence-corrected chi connectivity index (χ4v) is 7.84. The van der Waals surface area contributed by atoms with Gasteiger partial charge in [0.15, 0.2) is 0 Å². The molecule has 1 aromatic carbocycles. The Morgan fingerprint density at radius 3 is 2.59 bits per heavy atom. The number of hydroxylamine groups is 2. The second-order valence-electron chi connectivity index (χ2n) is 11.4. The number of hydrogen-bond acceptors (Lipinski definition) is 5. The van der Waals surface area contributed by atoms with Crippen LogP contribution in [0.2, 0.25) is 0 Å². The third-order valence-corrected chi connectivity index (χ3v) is 10.1. The van der Waals surface area contributed by atoms with Crippen LogP contribution in [0.5, 0.6) is 0 Å². The molecule has 1 spiro atoms. The topological polar surface area (TPSA) is 82.0 Å². The van der Waals surface area contributed by atoms with Crippen molar-refractivity contribution in [3.05, 3.63) is 33.4 Å². The zero-order valence-corrected chi connectivity index (χ0v) is 21.5. The summed E-state index contributed by atoms with van der Waals surface area (Å²) < 4.78 is 1.12. The van der Waals surface area contributed by atoms with Gasteiger partial charge < -0.3 is 15.5 Å². The fourth-order valence-electron chi connectivity index (χ4n) is 7.24. The number of nitrogens with zero attached hydrogens (tertiary/aromatic N) is 1. The summed E-state index contributed by atoms with van der Waals surface area (Å²) in [4.78, 5) is 19.9. The second-order valence-corrected chi connectivity index (χ2v) is 12.7. The number of hydrogen-bond donors (Lipinski definition) is 3. The van der Waals surface area contributed by atoms with Crippen LogP contribution in [0.15, 0.2) is 24.3 Å². The third-order valence-electron chi connectivity index (χ3n) is 9.45. The van der Waals surface area contributed by atoms with Crippen LogP contribution in [-0.4, -0.2) is 51.6 Å². The Bertz CT molecular complexity index is 921. The van der Waals surface area contributed by atoms with Crippen molar-refractivity contribution in [1.82, 2.24) is 10.4 Å². The first-order valence-electron chi connectivity index (χ1n) is 11.8. The van der Waals surface area contributed by atoms with E-state index >= 15 is 0 Å². The van der Waals surface area contributed by atoms with E-state index in [9.17, 15) is 15.0 Å². The van der Waals surface area contributed by atoms with Gasteiger partial charge >= 0.3 is 0 Å². The van der Waals surface area contributed by atoms with E-state index in [1.807, 2.05) is 18.2 Å². The van der Waals surface area contributed by atoms with Crippen LogP contribution in [0.3, 0.4) is 0 Å². The van der Waals surface area contributed by atoms with Gasteiger partial charge in [-0.25, -0.2) is 0 Å². The van der Waals surface area contributed by atoms with Gasteiger partial charge in [0.2, 0.25) is 5.91 Å². The van der Waals surface area contributed by atoms with Crippen molar-refractivity contribution in [3.63, 3.8) is 0 Å². The Morgan fingerprint density at radius 1 is 1.31 bits per heavy atom. The second kappa shape index (κ2) is 7.63. The average molecular weight is 554 g/mol. The van der Waals surface area contributed by atoms with Gasteiger partial charge in [-0.3, -0.25) is 9.63 Å². The van der Waals surface area contributed by atoms with E-state index in [2.05, 4.69) is 54.7 Å². The molecule has 1 saturated heterocycles. The molecule has 3 unspecified atom stereocenters. The lowest BCUT2D eigenvalue weighted by atomic mass is 9.45. The normalized spacial score (nSPS) is 44.3. The van der Waals surface area contributed by atoms with E-state index in [4.69, 9.17) is 4.84 Å². The smallest absolute Gasteiger partial charge is 0.240 e. The highest BCUT2D eigenvalue weighted by molar-refractivity contribution is 14.1. The number of benzene rings is 1. The molecule has 2 bridgehead atoms. The Hall–Kier alpha value is -0.740. The predicted molar refractivity (Wildman–Crippen MR) is 129 cm³/mol. The molecule has 1 aliphatic heterocycles. The summed E-state index contributed by atoms with van der Waals surface area (Å²) in [5.74, 6) is 1.63. The fraction of sp³-hybridized carbons (Fsp3) is 0.720. The maximum Gasteiger partial charge on any atom is 0.240 e. The van der Waals surface area contributed by atoms with E-state index in [0.29, 0.717) is 36.1 Å². The third kappa shape index (κ3) is 3.29. The monoisotopic (exact) mass is 554 g/mol. The van der Waals surface area contributed by atoms with Crippen LogP contribution in [0.25, 0.3) is 0 Å². The first-order chi connectivity index (χ1) is 15.0. The molecule has 176 valence electrons. The van der Waals surface area contributed by atoms with Gasteiger partial charge in [0.1, 0.15) is 12.1 Å². The molecule has 4 saturated carbocycles. The highest BCUT2D eigenvalue weighted by Crippen LogP contribution is 2.66. The van der Waals surface area contributed by atoms with Crippen LogP contribution in [0.4, 0.5) is 0 Å². The molecule has 0 aromatic heterocycles. The number of carbonyl (C=O) groups excluding carboxylic acids is 1. The lowest BCUT2D eigenvalue weighted by molar-refractivity contribution is -0.183. The molecule has 6 rings (SSSR count). The molecule has 0 radical (unpaired) electrons. The average Bonchev–Trinajstić information content (AvgIpc) is 3.13.